The van der Waals surface area contributed by atoms with Gasteiger partial charge in [-0.3, -0.25) is 10.2 Å². The lowest BCUT2D eigenvalue weighted by Gasteiger charge is -2.04. The van der Waals surface area contributed by atoms with Gasteiger partial charge >= 0.3 is 0 Å². The number of rotatable bonds is 3. The molecular formula is C10H12N4O2. The van der Waals surface area contributed by atoms with Crippen molar-refractivity contribution >= 4 is 12.0 Å². The molecule has 0 bridgehead atoms. The van der Waals surface area contributed by atoms with Gasteiger partial charge < -0.3 is 10.2 Å². The molecule has 1 aromatic heterocycles. The molecule has 0 unspecified atom stereocenters. The Morgan fingerprint density at radius 2 is 2.38 bits per heavy atom. The third-order valence-electron chi connectivity index (χ3n) is 2.15. The average molecular weight is 220 g/mol. The SMILES string of the molecule is COCCc1ncc2c(n1)C=CNNC2=O. The maximum absolute atomic E-state index is 11.5. The number of hydrogen-bond acceptors (Lipinski definition) is 5. The molecule has 0 atom stereocenters. The van der Waals surface area contributed by atoms with Gasteiger partial charge in [0.15, 0.2) is 0 Å². The first-order chi connectivity index (χ1) is 7.81. The molecule has 0 saturated heterocycles. The Hall–Kier alpha value is -1.95. The predicted molar refractivity (Wildman–Crippen MR) is 57.2 cm³/mol. The van der Waals surface area contributed by atoms with Crippen LogP contribution in [-0.4, -0.2) is 29.6 Å². The molecule has 6 heteroatoms. The molecule has 1 aliphatic heterocycles. The molecule has 2 heterocycles. The summed E-state index contributed by atoms with van der Waals surface area (Å²) in [4.78, 5) is 19.9. The normalized spacial score (nSPS) is 13.7. The first-order valence-electron chi connectivity index (χ1n) is 4.88. The lowest BCUT2D eigenvalue weighted by atomic mass is 10.2. The van der Waals surface area contributed by atoms with Crippen LogP contribution in [0.25, 0.3) is 6.08 Å². The van der Waals surface area contributed by atoms with E-state index in [1.54, 1.807) is 19.4 Å². The van der Waals surface area contributed by atoms with E-state index in [4.69, 9.17) is 4.74 Å². The van der Waals surface area contributed by atoms with Crippen molar-refractivity contribution in [2.24, 2.45) is 0 Å². The van der Waals surface area contributed by atoms with Crippen LogP contribution in [0.15, 0.2) is 12.4 Å². The van der Waals surface area contributed by atoms with E-state index in [0.717, 1.165) is 0 Å². The van der Waals surface area contributed by atoms with Crippen LogP contribution >= 0.6 is 0 Å². The lowest BCUT2D eigenvalue weighted by molar-refractivity contribution is 0.0941. The number of nitrogens with one attached hydrogen (secondary N) is 2. The van der Waals surface area contributed by atoms with Crippen LogP contribution in [0.1, 0.15) is 21.9 Å². The fourth-order valence-electron chi connectivity index (χ4n) is 1.34. The summed E-state index contributed by atoms with van der Waals surface area (Å²) in [7, 11) is 1.63. The van der Waals surface area contributed by atoms with Crippen molar-refractivity contribution in [2.45, 2.75) is 6.42 Å². The van der Waals surface area contributed by atoms with Gasteiger partial charge in [-0.05, 0) is 6.08 Å². The quantitative estimate of drug-likeness (QED) is 0.743. The Morgan fingerprint density at radius 1 is 1.50 bits per heavy atom. The molecule has 1 amide bonds. The highest BCUT2D eigenvalue weighted by Gasteiger charge is 2.14. The summed E-state index contributed by atoms with van der Waals surface area (Å²) in [5.41, 5.74) is 6.19. The third kappa shape index (κ3) is 2.17. The molecule has 0 radical (unpaired) electrons. The summed E-state index contributed by atoms with van der Waals surface area (Å²) in [6.07, 6.45) is 5.51. The fourth-order valence-corrected chi connectivity index (χ4v) is 1.34. The predicted octanol–water partition coefficient (Wildman–Crippen LogP) is -0.116. The van der Waals surface area contributed by atoms with Crippen molar-refractivity contribution in [1.29, 1.82) is 0 Å². The monoisotopic (exact) mass is 220 g/mol. The number of fused-ring (bicyclic) bond motifs is 1. The molecule has 6 nitrogen and oxygen atoms in total. The van der Waals surface area contributed by atoms with Gasteiger partial charge in [0.05, 0.1) is 17.9 Å². The maximum atomic E-state index is 11.5. The molecule has 1 aromatic rings. The van der Waals surface area contributed by atoms with Gasteiger partial charge in [-0.15, -0.1) is 0 Å². The molecule has 1 aliphatic rings. The maximum Gasteiger partial charge on any atom is 0.273 e. The summed E-state index contributed by atoms with van der Waals surface area (Å²) in [6, 6.07) is 0. The second-order valence-corrected chi connectivity index (χ2v) is 3.26. The molecule has 2 N–H and O–H groups in total. The van der Waals surface area contributed by atoms with Gasteiger partial charge in [-0.2, -0.15) is 0 Å². The van der Waals surface area contributed by atoms with E-state index in [1.165, 1.54) is 6.20 Å². The van der Waals surface area contributed by atoms with Crippen LogP contribution in [-0.2, 0) is 11.2 Å². The fraction of sp³-hybridized carbons (Fsp3) is 0.300. The van der Waals surface area contributed by atoms with Gasteiger partial charge in [0, 0.05) is 25.9 Å². The number of aromatic nitrogens is 2. The van der Waals surface area contributed by atoms with Crippen LogP contribution in [0, 0.1) is 0 Å². The summed E-state index contributed by atoms with van der Waals surface area (Å²) in [5.74, 6) is 0.429. The van der Waals surface area contributed by atoms with E-state index in [-0.39, 0.29) is 5.91 Å². The number of ether oxygens (including phenoxy) is 1. The first kappa shape index (κ1) is 10.6. The second kappa shape index (κ2) is 4.71. The zero-order chi connectivity index (χ0) is 11.4. The highest BCUT2D eigenvalue weighted by Crippen LogP contribution is 2.09. The average Bonchev–Trinajstić information content (AvgIpc) is 2.49. The van der Waals surface area contributed by atoms with E-state index in [1.807, 2.05) is 0 Å². The number of amides is 1. The van der Waals surface area contributed by atoms with Crippen LogP contribution in [0.5, 0.6) is 0 Å². The minimum absolute atomic E-state index is 0.238. The summed E-state index contributed by atoms with van der Waals surface area (Å²) in [5, 5.41) is 0. The topological polar surface area (TPSA) is 76.1 Å². The van der Waals surface area contributed by atoms with Crippen LogP contribution < -0.4 is 10.9 Å². The number of methoxy groups -OCH3 is 1. The Kier molecular flexibility index (Phi) is 3.11. The summed E-state index contributed by atoms with van der Waals surface area (Å²) in [6.45, 7) is 0.562. The van der Waals surface area contributed by atoms with Crippen LogP contribution in [0.4, 0.5) is 0 Å². The molecule has 2 rings (SSSR count). The van der Waals surface area contributed by atoms with E-state index in [9.17, 15) is 4.79 Å². The highest BCUT2D eigenvalue weighted by molar-refractivity contribution is 5.97. The first-order valence-corrected chi connectivity index (χ1v) is 4.88. The smallest absolute Gasteiger partial charge is 0.273 e. The summed E-state index contributed by atoms with van der Waals surface area (Å²) >= 11 is 0. The molecular weight excluding hydrogens is 208 g/mol. The highest BCUT2D eigenvalue weighted by atomic mass is 16.5. The molecule has 16 heavy (non-hydrogen) atoms. The largest absolute Gasteiger partial charge is 0.384 e. The Morgan fingerprint density at radius 3 is 3.19 bits per heavy atom. The van der Waals surface area contributed by atoms with Crippen molar-refractivity contribution in [1.82, 2.24) is 20.8 Å². The number of nitrogens with zero attached hydrogens (tertiary/aromatic N) is 2. The van der Waals surface area contributed by atoms with E-state index in [0.29, 0.717) is 30.1 Å². The zero-order valence-corrected chi connectivity index (χ0v) is 8.86. The molecule has 0 saturated carbocycles. The van der Waals surface area contributed by atoms with E-state index < -0.39 is 0 Å². The van der Waals surface area contributed by atoms with E-state index >= 15 is 0 Å². The van der Waals surface area contributed by atoms with E-state index in [2.05, 4.69) is 20.8 Å². The minimum Gasteiger partial charge on any atom is -0.384 e. The van der Waals surface area contributed by atoms with Crippen molar-refractivity contribution in [3.05, 3.63) is 29.5 Å². The summed E-state index contributed by atoms with van der Waals surface area (Å²) < 4.78 is 4.95. The molecule has 0 fully saturated rings. The third-order valence-corrected chi connectivity index (χ3v) is 2.15. The lowest BCUT2D eigenvalue weighted by Crippen LogP contribution is -2.32. The molecule has 0 aromatic carbocycles. The molecule has 0 spiro atoms. The molecule has 84 valence electrons. The number of carbonyl (C=O) groups is 1. The van der Waals surface area contributed by atoms with Gasteiger partial charge in [0.2, 0.25) is 0 Å². The Labute approximate surface area is 92.7 Å². The van der Waals surface area contributed by atoms with Gasteiger partial charge in [-0.25, -0.2) is 9.97 Å². The van der Waals surface area contributed by atoms with Gasteiger partial charge in [-0.1, -0.05) is 0 Å². The van der Waals surface area contributed by atoms with Crippen molar-refractivity contribution < 1.29 is 9.53 Å². The van der Waals surface area contributed by atoms with Gasteiger partial charge in [0.1, 0.15) is 5.82 Å². The van der Waals surface area contributed by atoms with Crippen molar-refractivity contribution in [3.63, 3.8) is 0 Å². The minimum atomic E-state index is -0.238. The van der Waals surface area contributed by atoms with Crippen LogP contribution in [0.3, 0.4) is 0 Å². The van der Waals surface area contributed by atoms with Crippen molar-refractivity contribution in [3.8, 4) is 0 Å². The number of carbonyl (C=O) groups excluding carboxylic acids is 1. The van der Waals surface area contributed by atoms with Crippen molar-refractivity contribution in [2.75, 3.05) is 13.7 Å². The zero-order valence-electron chi connectivity index (χ0n) is 8.86. The molecule has 0 aliphatic carbocycles. The number of hydrogen-bond donors (Lipinski definition) is 2. The Balaban J connectivity index is 2.29. The Bertz CT molecular complexity index is 431. The number of hydrazine groups is 1. The van der Waals surface area contributed by atoms with Crippen LogP contribution in [0.2, 0.25) is 0 Å². The van der Waals surface area contributed by atoms with Gasteiger partial charge in [0.25, 0.3) is 5.91 Å². The second-order valence-electron chi connectivity index (χ2n) is 3.26. The standard InChI is InChI=1S/C10H12N4O2/c1-16-5-3-9-11-6-7-8(13-9)2-4-12-14-10(7)15/h2,4,6,12H,3,5H2,1H3,(H,14,15).